The molecular formula is C20H19ClN4O4. The van der Waals surface area contributed by atoms with Gasteiger partial charge in [-0.3, -0.25) is 19.6 Å². The molecule has 29 heavy (non-hydrogen) atoms. The number of rotatable bonds is 7. The van der Waals surface area contributed by atoms with Gasteiger partial charge >= 0.3 is 0 Å². The van der Waals surface area contributed by atoms with Gasteiger partial charge in [-0.05, 0) is 37.6 Å². The predicted octanol–water partition coefficient (Wildman–Crippen LogP) is 4.60. The molecule has 1 heterocycles. The molecule has 0 spiro atoms. The number of carbonyl (C=O) groups excluding carboxylic acids is 1. The third-order valence-electron chi connectivity index (χ3n) is 4.39. The summed E-state index contributed by atoms with van der Waals surface area (Å²) in [5.41, 5.74) is 2.80. The monoisotopic (exact) mass is 414 g/mol. The lowest BCUT2D eigenvalue weighted by molar-refractivity contribution is -0.384. The number of nitrogens with zero attached hydrogens (tertiary/aromatic N) is 3. The number of nitro groups is 1. The van der Waals surface area contributed by atoms with Crippen molar-refractivity contribution >= 4 is 28.9 Å². The fourth-order valence-electron chi connectivity index (χ4n) is 2.72. The van der Waals surface area contributed by atoms with E-state index < -0.39 is 4.92 Å². The number of anilines is 1. The Bertz CT molecular complexity index is 1050. The Morgan fingerprint density at radius 2 is 2.00 bits per heavy atom. The number of non-ortho nitro benzene ring substituents is 1. The van der Waals surface area contributed by atoms with E-state index in [1.807, 2.05) is 13.8 Å². The molecule has 8 nitrogen and oxygen atoms in total. The summed E-state index contributed by atoms with van der Waals surface area (Å²) in [7, 11) is 0. The van der Waals surface area contributed by atoms with Crippen molar-refractivity contribution in [1.29, 1.82) is 0 Å². The van der Waals surface area contributed by atoms with Gasteiger partial charge < -0.3 is 10.1 Å². The lowest BCUT2D eigenvalue weighted by atomic mass is 10.1. The molecule has 0 unspecified atom stereocenters. The fraction of sp³-hybridized carbons (Fsp3) is 0.200. The number of hydrogen-bond acceptors (Lipinski definition) is 5. The van der Waals surface area contributed by atoms with Gasteiger partial charge in [0.2, 0.25) is 0 Å². The second-order valence-corrected chi connectivity index (χ2v) is 6.68. The van der Waals surface area contributed by atoms with Gasteiger partial charge in [0.15, 0.2) is 0 Å². The highest BCUT2D eigenvalue weighted by Crippen LogP contribution is 2.29. The van der Waals surface area contributed by atoms with E-state index in [-0.39, 0.29) is 23.2 Å². The standard InChI is InChI=1S/C20H19ClN4O4/c1-3-24-13(2)18(11-22-24)23-20(26)15-6-4-14(5-7-15)12-29-19-9-8-16(25(27)28)10-17(19)21/h4-11H,3,12H2,1-2H3,(H,23,26). The molecule has 0 saturated heterocycles. The van der Waals surface area contributed by atoms with Crippen LogP contribution in [0.15, 0.2) is 48.7 Å². The zero-order chi connectivity index (χ0) is 21.0. The van der Waals surface area contributed by atoms with Crippen LogP contribution in [0, 0.1) is 17.0 Å². The molecule has 0 aliphatic rings. The van der Waals surface area contributed by atoms with Crippen LogP contribution in [0.1, 0.15) is 28.5 Å². The maximum Gasteiger partial charge on any atom is 0.271 e. The highest BCUT2D eigenvalue weighted by molar-refractivity contribution is 6.32. The van der Waals surface area contributed by atoms with E-state index in [4.69, 9.17) is 16.3 Å². The SMILES string of the molecule is CCn1ncc(NC(=O)c2ccc(COc3ccc([N+](=O)[O-])cc3Cl)cc2)c1C. The van der Waals surface area contributed by atoms with E-state index in [0.717, 1.165) is 17.8 Å². The molecule has 1 N–H and O–H groups in total. The highest BCUT2D eigenvalue weighted by atomic mass is 35.5. The molecule has 0 atom stereocenters. The number of nitrogens with one attached hydrogen (secondary N) is 1. The molecular weight excluding hydrogens is 396 g/mol. The Morgan fingerprint density at radius 1 is 1.28 bits per heavy atom. The summed E-state index contributed by atoms with van der Waals surface area (Å²) >= 11 is 6.02. The van der Waals surface area contributed by atoms with E-state index >= 15 is 0 Å². The van der Waals surface area contributed by atoms with E-state index in [0.29, 0.717) is 17.0 Å². The topological polar surface area (TPSA) is 99.3 Å². The van der Waals surface area contributed by atoms with Crippen LogP contribution < -0.4 is 10.1 Å². The molecule has 0 bridgehead atoms. The van der Waals surface area contributed by atoms with Crippen molar-refractivity contribution in [2.75, 3.05) is 5.32 Å². The molecule has 2 aromatic carbocycles. The lowest BCUT2D eigenvalue weighted by Crippen LogP contribution is -2.12. The van der Waals surface area contributed by atoms with E-state index in [1.54, 1.807) is 35.1 Å². The van der Waals surface area contributed by atoms with Gasteiger partial charge in [0.05, 0.1) is 27.5 Å². The Morgan fingerprint density at radius 3 is 2.59 bits per heavy atom. The van der Waals surface area contributed by atoms with E-state index in [2.05, 4.69) is 10.4 Å². The molecule has 0 radical (unpaired) electrons. The van der Waals surface area contributed by atoms with Crippen LogP contribution in [0.25, 0.3) is 0 Å². The second kappa shape index (κ2) is 8.74. The number of aromatic nitrogens is 2. The summed E-state index contributed by atoms with van der Waals surface area (Å²) in [5.74, 6) is 0.122. The highest BCUT2D eigenvalue weighted by Gasteiger charge is 2.12. The molecule has 1 amide bonds. The average molecular weight is 415 g/mol. The van der Waals surface area contributed by atoms with Crippen molar-refractivity contribution in [3.05, 3.63) is 80.6 Å². The summed E-state index contributed by atoms with van der Waals surface area (Å²) in [5, 5.41) is 18.0. The third-order valence-corrected chi connectivity index (χ3v) is 4.68. The van der Waals surface area contributed by atoms with E-state index in [9.17, 15) is 14.9 Å². The molecule has 0 fully saturated rings. The van der Waals surface area contributed by atoms with Gasteiger partial charge in [-0.2, -0.15) is 5.10 Å². The summed E-state index contributed by atoms with van der Waals surface area (Å²) in [6, 6.07) is 11.0. The molecule has 0 saturated carbocycles. The smallest absolute Gasteiger partial charge is 0.271 e. The number of halogens is 1. The molecule has 1 aromatic heterocycles. The molecule has 3 rings (SSSR count). The van der Waals surface area contributed by atoms with Gasteiger partial charge in [-0.25, -0.2) is 0 Å². The summed E-state index contributed by atoms with van der Waals surface area (Å²) in [6.07, 6.45) is 1.63. The van der Waals surface area contributed by atoms with Crippen LogP contribution in [-0.2, 0) is 13.2 Å². The molecule has 150 valence electrons. The van der Waals surface area contributed by atoms with Crippen LogP contribution in [0.2, 0.25) is 5.02 Å². The first-order chi connectivity index (χ1) is 13.9. The number of carbonyl (C=O) groups is 1. The summed E-state index contributed by atoms with van der Waals surface area (Å²) in [4.78, 5) is 22.7. The number of hydrogen-bond donors (Lipinski definition) is 1. The van der Waals surface area contributed by atoms with Crippen molar-refractivity contribution < 1.29 is 14.5 Å². The van der Waals surface area contributed by atoms with Crippen LogP contribution in [0.4, 0.5) is 11.4 Å². The predicted molar refractivity (Wildman–Crippen MR) is 109 cm³/mol. The summed E-state index contributed by atoms with van der Waals surface area (Å²) < 4.78 is 7.42. The van der Waals surface area contributed by atoms with E-state index in [1.165, 1.54) is 18.2 Å². The normalized spacial score (nSPS) is 10.6. The first-order valence-electron chi connectivity index (χ1n) is 8.88. The number of benzene rings is 2. The minimum atomic E-state index is -0.520. The Balaban J connectivity index is 1.62. The molecule has 3 aromatic rings. The largest absolute Gasteiger partial charge is 0.487 e. The van der Waals surface area contributed by atoms with Crippen LogP contribution in [-0.4, -0.2) is 20.6 Å². The quantitative estimate of drug-likeness (QED) is 0.449. The molecule has 0 aliphatic carbocycles. The Labute approximate surface area is 172 Å². The summed E-state index contributed by atoms with van der Waals surface area (Å²) in [6.45, 7) is 4.82. The number of ether oxygens (including phenoxy) is 1. The van der Waals surface area contributed by atoms with Crippen molar-refractivity contribution in [2.45, 2.75) is 27.0 Å². The van der Waals surface area contributed by atoms with Gasteiger partial charge in [0.1, 0.15) is 12.4 Å². The minimum Gasteiger partial charge on any atom is -0.487 e. The van der Waals surface area contributed by atoms with Crippen molar-refractivity contribution in [3.63, 3.8) is 0 Å². The average Bonchev–Trinajstić information content (AvgIpc) is 3.06. The van der Waals surface area contributed by atoms with Gasteiger partial charge in [-0.1, -0.05) is 23.7 Å². The maximum atomic E-state index is 12.4. The number of amides is 1. The van der Waals surface area contributed by atoms with Gasteiger partial charge in [0.25, 0.3) is 11.6 Å². The first kappa shape index (κ1) is 20.3. The van der Waals surface area contributed by atoms with Crippen LogP contribution >= 0.6 is 11.6 Å². The Kier molecular flexibility index (Phi) is 6.13. The minimum absolute atomic E-state index is 0.0996. The van der Waals surface area contributed by atoms with Crippen LogP contribution in [0.3, 0.4) is 0 Å². The zero-order valence-corrected chi connectivity index (χ0v) is 16.6. The molecule has 9 heteroatoms. The van der Waals surface area contributed by atoms with Crippen molar-refractivity contribution in [1.82, 2.24) is 9.78 Å². The lowest BCUT2D eigenvalue weighted by Gasteiger charge is -2.09. The van der Waals surface area contributed by atoms with Crippen molar-refractivity contribution in [3.8, 4) is 5.75 Å². The zero-order valence-electron chi connectivity index (χ0n) is 15.9. The van der Waals surface area contributed by atoms with Gasteiger partial charge in [-0.15, -0.1) is 0 Å². The number of aryl methyl sites for hydroxylation is 1. The third kappa shape index (κ3) is 4.72. The first-order valence-corrected chi connectivity index (χ1v) is 9.26. The second-order valence-electron chi connectivity index (χ2n) is 6.27. The fourth-order valence-corrected chi connectivity index (χ4v) is 2.95. The van der Waals surface area contributed by atoms with Gasteiger partial charge in [0, 0.05) is 24.2 Å². The van der Waals surface area contributed by atoms with Crippen molar-refractivity contribution in [2.24, 2.45) is 0 Å². The Hall–Kier alpha value is -3.39. The number of nitro benzene ring substituents is 1. The maximum absolute atomic E-state index is 12.4. The molecule has 0 aliphatic heterocycles. The van der Waals surface area contributed by atoms with Crippen LogP contribution in [0.5, 0.6) is 5.75 Å².